The number of aromatic nitrogens is 2. The first-order valence-corrected chi connectivity index (χ1v) is 12.9. The van der Waals surface area contributed by atoms with Crippen molar-refractivity contribution in [3.63, 3.8) is 0 Å². The summed E-state index contributed by atoms with van der Waals surface area (Å²) in [6.07, 6.45) is 3.04. The topological polar surface area (TPSA) is 134 Å². The monoisotopic (exact) mass is 559 g/mol. The number of likely N-dealkylation sites (tertiary alicyclic amines) is 1. The van der Waals surface area contributed by atoms with E-state index in [-0.39, 0.29) is 29.7 Å². The highest BCUT2D eigenvalue weighted by Gasteiger charge is 2.31. The van der Waals surface area contributed by atoms with Gasteiger partial charge in [0.2, 0.25) is 0 Å². The van der Waals surface area contributed by atoms with Crippen LogP contribution in [0.25, 0.3) is 0 Å². The molecule has 2 aliphatic heterocycles. The van der Waals surface area contributed by atoms with Gasteiger partial charge in [-0.15, -0.1) is 0 Å². The van der Waals surface area contributed by atoms with E-state index < -0.39 is 29.9 Å². The molecule has 0 spiro atoms. The van der Waals surface area contributed by atoms with E-state index in [1.54, 1.807) is 25.2 Å². The van der Waals surface area contributed by atoms with E-state index in [2.05, 4.69) is 27.1 Å². The van der Waals surface area contributed by atoms with Crippen molar-refractivity contribution >= 4 is 23.6 Å². The van der Waals surface area contributed by atoms with Crippen LogP contribution in [0.15, 0.2) is 54.9 Å². The predicted molar refractivity (Wildman–Crippen MR) is 144 cm³/mol. The Morgan fingerprint density at radius 2 is 1.95 bits per heavy atom. The number of benzene rings is 1. The fourth-order valence-corrected chi connectivity index (χ4v) is 4.49. The largest absolute Gasteiger partial charge is 0.489 e. The second kappa shape index (κ2) is 11.9. The van der Waals surface area contributed by atoms with Gasteiger partial charge in [0.15, 0.2) is 5.75 Å². The van der Waals surface area contributed by atoms with Gasteiger partial charge in [-0.3, -0.25) is 14.6 Å². The highest BCUT2D eigenvalue weighted by molar-refractivity contribution is 6.03. The minimum atomic E-state index is -1.00. The molecule has 1 saturated heterocycles. The Morgan fingerprint density at radius 1 is 1.15 bits per heavy atom. The summed E-state index contributed by atoms with van der Waals surface area (Å²) in [6, 6.07) is 9.97. The minimum absolute atomic E-state index is 0.0317. The number of halogens is 1. The molecule has 0 saturated carbocycles. The van der Waals surface area contributed by atoms with Gasteiger partial charge in [0.05, 0.1) is 5.69 Å². The van der Waals surface area contributed by atoms with Crippen LogP contribution in [-0.4, -0.2) is 70.7 Å². The lowest BCUT2D eigenvalue weighted by Crippen LogP contribution is -2.49. The number of carbonyl (C=O) groups is 3. The van der Waals surface area contributed by atoms with Crippen LogP contribution in [0, 0.1) is 23.7 Å². The van der Waals surface area contributed by atoms with E-state index in [0.29, 0.717) is 42.9 Å². The zero-order valence-electron chi connectivity index (χ0n) is 22.0. The molecule has 1 fully saturated rings. The number of fused-ring (bicyclic) bond motifs is 1. The van der Waals surface area contributed by atoms with Crippen LogP contribution in [0.1, 0.15) is 28.9 Å². The molecule has 3 amide bonds. The number of hydrogen-bond acceptors (Lipinski definition) is 7. The fourth-order valence-electron chi connectivity index (χ4n) is 4.49. The van der Waals surface area contributed by atoms with Crippen LogP contribution in [0.4, 0.5) is 14.9 Å². The quantitative estimate of drug-likeness (QED) is 0.367. The lowest BCUT2D eigenvalue weighted by atomic mass is 9.97. The second-order valence-corrected chi connectivity index (χ2v) is 9.50. The number of pyridine rings is 2. The molecule has 2 N–H and O–H groups in total. The molecule has 11 nitrogen and oxygen atoms in total. The number of nitrogens with one attached hydrogen (secondary N) is 1. The van der Waals surface area contributed by atoms with Gasteiger partial charge in [-0.05, 0) is 49.2 Å². The number of hydrogen-bond donors (Lipinski definition) is 2. The van der Waals surface area contributed by atoms with Crippen molar-refractivity contribution in [1.82, 2.24) is 20.2 Å². The van der Waals surface area contributed by atoms with Gasteiger partial charge in [0, 0.05) is 50.1 Å². The number of carboxylic acid groups (broad SMARTS) is 1. The van der Waals surface area contributed by atoms with E-state index in [9.17, 15) is 18.8 Å². The molecule has 12 heteroatoms. The summed E-state index contributed by atoms with van der Waals surface area (Å²) < 4.78 is 25.2. The molecule has 1 unspecified atom stereocenters. The van der Waals surface area contributed by atoms with Crippen molar-refractivity contribution in [1.29, 1.82) is 0 Å². The molecule has 2 aromatic heterocycles. The summed E-state index contributed by atoms with van der Waals surface area (Å²) in [7, 11) is 1.59. The Morgan fingerprint density at radius 3 is 2.71 bits per heavy atom. The Bertz CT molecular complexity index is 1550. The molecule has 0 bridgehead atoms. The molecule has 0 aliphatic carbocycles. The van der Waals surface area contributed by atoms with E-state index in [0.717, 1.165) is 0 Å². The minimum Gasteiger partial charge on any atom is -0.489 e. The zero-order valence-corrected chi connectivity index (χ0v) is 22.0. The SMILES string of the molecule is CN1C(=O)C(NC(=O)c2cc(Oc3cccnc3F)ccn2)COc2ccc(C#CC3CCN(C(=O)O)CC3)cc21. The normalized spacial score (nSPS) is 16.9. The molecule has 2 aliphatic rings. The molecule has 1 atom stereocenters. The summed E-state index contributed by atoms with van der Waals surface area (Å²) in [4.78, 5) is 47.7. The van der Waals surface area contributed by atoms with Gasteiger partial charge in [0.25, 0.3) is 17.8 Å². The average molecular weight is 560 g/mol. The Hall–Kier alpha value is -5.18. The third kappa shape index (κ3) is 6.36. The first-order valence-electron chi connectivity index (χ1n) is 12.9. The zero-order chi connectivity index (χ0) is 28.9. The molecule has 3 aromatic rings. The number of ether oxygens (including phenoxy) is 2. The Labute approximate surface area is 234 Å². The molecular formula is C29H26FN5O6. The molecule has 0 radical (unpaired) electrons. The van der Waals surface area contributed by atoms with Crippen LogP contribution >= 0.6 is 0 Å². The third-order valence-corrected chi connectivity index (χ3v) is 6.76. The first-order chi connectivity index (χ1) is 19.8. The molecule has 1 aromatic carbocycles. The lowest BCUT2D eigenvalue weighted by Gasteiger charge is -2.27. The third-order valence-electron chi connectivity index (χ3n) is 6.76. The van der Waals surface area contributed by atoms with Crippen molar-refractivity contribution in [2.45, 2.75) is 18.9 Å². The lowest BCUT2D eigenvalue weighted by molar-refractivity contribution is -0.120. The number of anilines is 1. The van der Waals surface area contributed by atoms with Gasteiger partial charge >= 0.3 is 6.09 Å². The van der Waals surface area contributed by atoms with E-state index in [1.165, 1.54) is 46.5 Å². The van der Waals surface area contributed by atoms with Gasteiger partial charge in [0.1, 0.15) is 29.8 Å². The maximum absolute atomic E-state index is 13.9. The van der Waals surface area contributed by atoms with Gasteiger partial charge < -0.3 is 29.7 Å². The average Bonchev–Trinajstić information content (AvgIpc) is 3.09. The Kier molecular flexibility index (Phi) is 7.96. The number of piperidine rings is 1. The maximum atomic E-state index is 13.9. The highest BCUT2D eigenvalue weighted by Crippen LogP contribution is 2.32. The standard InChI is InChI=1S/C29H26FN5O6/c1-34-23-15-19(5-4-18-9-13-35(14-10-18)29(38)39)6-7-24(23)40-17-22(28(34)37)33-27(36)21-16-20(8-12-31-21)41-25-3-2-11-32-26(25)30/h2-3,6-8,11-12,15-16,18,22H,9-10,13-14,17H2,1H3,(H,33,36)(H,38,39). The molecular weight excluding hydrogens is 533 g/mol. The molecule has 41 heavy (non-hydrogen) atoms. The number of carbonyl (C=O) groups excluding carboxylic acids is 2. The molecule has 210 valence electrons. The molecule has 5 rings (SSSR count). The van der Waals surface area contributed by atoms with Crippen LogP contribution in [0.5, 0.6) is 17.2 Å². The summed E-state index contributed by atoms with van der Waals surface area (Å²) in [5.41, 5.74) is 1.16. The number of nitrogens with zero attached hydrogens (tertiary/aromatic N) is 4. The van der Waals surface area contributed by atoms with Crippen molar-refractivity contribution in [3.8, 4) is 29.1 Å². The first kappa shape index (κ1) is 27.4. The van der Waals surface area contributed by atoms with Crippen molar-refractivity contribution in [3.05, 3.63) is 72.1 Å². The van der Waals surface area contributed by atoms with Crippen molar-refractivity contribution in [2.24, 2.45) is 5.92 Å². The predicted octanol–water partition coefficient (Wildman–Crippen LogP) is 3.30. The van der Waals surface area contributed by atoms with Gasteiger partial charge in [-0.1, -0.05) is 11.8 Å². The number of amides is 3. The van der Waals surface area contributed by atoms with Crippen molar-refractivity contribution in [2.75, 3.05) is 31.6 Å². The number of rotatable bonds is 4. The maximum Gasteiger partial charge on any atom is 0.407 e. The van der Waals surface area contributed by atoms with Crippen LogP contribution in [-0.2, 0) is 4.79 Å². The Balaban J connectivity index is 1.24. The smallest absolute Gasteiger partial charge is 0.407 e. The van der Waals surface area contributed by atoms with E-state index in [4.69, 9.17) is 14.6 Å². The summed E-state index contributed by atoms with van der Waals surface area (Å²) >= 11 is 0. The highest BCUT2D eigenvalue weighted by atomic mass is 19.1. The fraction of sp³-hybridized carbons (Fsp3) is 0.276. The van der Waals surface area contributed by atoms with E-state index >= 15 is 0 Å². The van der Waals surface area contributed by atoms with Crippen molar-refractivity contribution < 1.29 is 33.4 Å². The van der Waals surface area contributed by atoms with E-state index in [1.807, 2.05) is 0 Å². The van der Waals surface area contributed by atoms with Crippen LogP contribution in [0.2, 0.25) is 0 Å². The number of likely N-dealkylation sites (N-methyl/N-ethyl adjacent to an activating group) is 1. The van der Waals surface area contributed by atoms with Crippen LogP contribution in [0.3, 0.4) is 0 Å². The van der Waals surface area contributed by atoms with Gasteiger partial charge in [-0.2, -0.15) is 4.39 Å². The molecule has 4 heterocycles. The second-order valence-electron chi connectivity index (χ2n) is 9.50. The summed E-state index contributed by atoms with van der Waals surface area (Å²) in [5.74, 6) is 5.12. The van der Waals surface area contributed by atoms with Crippen LogP contribution < -0.4 is 19.7 Å². The summed E-state index contributed by atoms with van der Waals surface area (Å²) in [6.45, 7) is 0.798. The van der Waals surface area contributed by atoms with Gasteiger partial charge in [-0.25, -0.2) is 9.78 Å². The summed E-state index contributed by atoms with van der Waals surface area (Å²) in [5, 5.41) is 11.8.